The highest BCUT2D eigenvalue weighted by Gasteiger charge is 2.30. The molecule has 0 N–H and O–H groups in total. The number of methoxy groups -OCH3 is 3. The van der Waals surface area contributed by atoms with Gasteiger partial charge >= 0.3 is 10.1 Å². The minimum atomic E-state index is -3.98. The van der Waals surface area contributed by atoms with E-state index in [0.717, 1.165) is 17.4 Å². The van der Waals surface area contributed by atoms with Gasteiger partial charge in [0.2, 0.25) is 0 Å². The molecule has 0 unspecified atom stereocenters. The minimum absolute atomic E-state index is 0.0585. The fraction of sp³-hybridized carbons (Fsp3) is 0.200. The third-order valence-electron chi connectivity index (χ3n) is 5.98. The van der Waals surface area contributed by atoms with Crippen molar-refractivity contribution in [3.05, 3.63) is 88.9 Å². The van der Waals surface area contributed by atoms with Gasteiger partial charge in [-0.25, -0.2) is 0 Å². The average Bonchev–Trinajstić information content (AvgIpc) is 2.92. The van der Waals surface area contributed by atoms with Crippen LogP contribution in [0.4, 0.5) is 0 Å². The molecular formula is C30H29ClO7S. The third kappa shape index (κ3) is 6.24. The van der Waals surface area contributed by atoms with Crippen molar-refractivity contribution >= 4 is 21.7 Å². The smallest absolute Gasteiger partial charge is 0.306 e. The molecule has 0 atom stereocenters. The molecule has 0 aromatic heterocycles. The lowest BCUT2D eigenvalue weighted by Crippen LogP contribution is -2.10. The van der Waals surface area contributed by atoms with Crippen LogP contribution in [0.3, 0.4) is 0 Å². The molecule has 0 saturated carbocycles. The molecule has 0 heterocycles. The SMILES string of the molecule is COc1cc(-c2c(OC)c(Cl)c(-c3ccc(C)cc3)c(OC)c2OS(C)(=O)=O)ccc1OCc1ccccc1. The molecule has 0 bridgehead atoms. The quantitative estimate of drug-likeness (QED) is 0.192. The fourth-order valence-electron chi connectivity index (χ4n) is 4.19. The Balaban J connectivity index is 1.92. The van der Waals surface area contributed by atoms with Crippen LogP contribution in [0.5, 0.6) is 28.7 Å². The van der Waals surface area contributed by atoms with E-state index < -0.39 is 10.1 Å². The molecule has 4 rings (SSSR count). The van der Waals surface area contributed by atoms with Gasteiger partial charge in [-0.2, -0.15) is 8.42 Å². The first-order valence-corrected chi connectivity index (χ1v) is 14.1. The highest BCUT2D eigenvalue weighted by molar-refractivity contribution is 7.86. The monoisotopic (exact) mass is 568 g/mol. The number of aryl methyl sites for hydroxylation is 1. The summed E-state index contributed by atoms with van der Waals surface area (Å²) < 4.78 is 53.5. The van der Waals surface area contributed by atoms with E-state index in [4.69, 9.17) is 34.7 Å². The zero-order chi connectivity index (χ0) is 28.2. The molecule has 0 aliphatic carbocycles. The molecule has 4 aromatic carbocycles. The van der Waals surface area contributed by atoms with E-state index in [-0.39, 0.29) is 27.8 Å². The molecule has 0 aliphatic rings. The maximum atomic E-state index is 12.4. The van der Waals surface area contributed by atoms with E-state index in [1.807, 2.05) is 61.5 Å². The van der Waals surface area contributed by atoms with Crippen molar-refractivity contribution in [2.75, 3.05) is 27.6 Å². The number of hydrogen-bond acceptors (Lipinski definition) is 7. The van der Waals surface area contributed by atoms with Gasteiger partial charge in [0.15, 0.2) is 23.0 Å². The highest BCUT2D eigenvalue weighted by atomic mass is 35.5. The van der Waals surface area contributed by atoms with Crippen LogP contribution in [0.25, 0.3) is 22.3 Å². The second-order valence-corrected chi connectivity index (χ2v) is 10.7. The standard InChI is InChI=1S/C30H29ClO7S/c1-19-11-13-21(14-12-19)25-27(31)28(35-3)26(30(29(25)36-4)38-39(5,32)33)22-15-16-23(24(17-22)34-2)37-18-20-9-7-6-8-10-20/h6-17H,18H2,1-5H3. The van der Waals surface area contributed by atoms with E-state index >= 15 is 0 Å². The van der Waals surface area contributed by atoms with E-state index in [2.05, 4.69) is 0 Å². The van der Waals surface area contributed by atoms with Crippen LogP contribution in [0.15, 0.2) is 72.8 Å². The fourth-order valence-corrected chi connectivity index (χ4v) is 5.02. The lowest BCUT2D eigenvalue weighted by atomic mass is 9.95. The number of hydrogen-bond donors (Lipinski definition) is 0. The zero-order valence-electron chi connectivity index (χ0n) is 22.3. The van der Waals surface area contributed by atoms with Crippen molar-refractivity contribution in [2.24, 2.45) is 0 Å². The molecule has 204 valence electrons. The van der Waals surface area contributed by atoms with Crippen LogP contribution in [0, 0.1) is 6.92 Å². The predicted octanol–water partition coefficient (Wildman–Crippen LogP) is 6.93. The molecular weight excluding hydrogens is 540 g/mol. The minimum Gasteiger partial charge on any atom is -0.494 e. The van der Waals surface area contributed by atoms with Crippen molar-refractivity contribution < 1.29 is 31.5 Å². The molecule has 0 saturated heterocycles. The Morgan fingerprint density at radius 3 is 1.95 bits per heavy atom. The van der Waals surface area contributed by atoms with Crippen molar-refractivity contribution in [2.45, 2.75) is 13.5 Å². The summed E-state index contributed by atoms with van der Waals surface area (Å²) in [5.74, 6) is 1.23. The number of benzene rings is 4. The van der Waals surface area contributed by atoms with Crippen molar-refractivity contribution in [1.82, 2.24) is 0 Å². The second kappa shape index (κ2) is 11.9. The van der Waals surface area contributed by atoms with Gasteiger partial charge in [0.1, 0.15) is 12.4 Å². The first-order chi connectivity index (χ1) is 18.7. The normalized spacial score (nSPS) is 11.1. The summed E-state index contributed by atoms with van der Waals surface area (Å²) in [5.41, 5.74) is 3.99. The van der Waals surface area contributed by atoms with Gasteiger partial charge in [-0.15, -0.1) is 0 Å². The van der Waals surface area contributed by atoms with Crippen LogP contribution in [-0.2, 0) is 16.7 Å². The molecule has 0 amide bonds. The Hall–Kier alpha value is -3.88. The maximum absolute atomic E-state index is 12.4. The van der Waals surface area contributed by atoms with Crippen molar-refractivity contribution in [3.63, 3.8) is 0 Å². The summed E-state index contributed by atoms with van der Waals surface area (Å²) in [6, 6.07) is 22.5. The molecule has 4 aromatic rings. The summed E-state index contributed by atoms with van der Waals surface area (Å²) in [4.78, 5) is 0. The van der Waals surface area contributed by atoms with Crippen LogP contribution in [-0.4, -0.2) is 36.0 Å². The maximum Gasteiger partial charge on any atom is 0.306 e. The Morgan fingerprint density at radius 2 is 1.36 bits per heavy atom. The Bertz CT molecular complexity index is 1570. The third-order valence-corrected chi connectivity index (χ3v) is 6.81. The van der Waals surface area contributed by atoms with Gasteiger partial charge in [-0.1, -0.05) is 77.8 Å². The van der Waals surface area contributed by atoms with Crippen LogP contribution < -0.4 is 23.1 Å². The zero-order valence-corrected chi connectivity index (χ0v) is 23.9. The van der Waals surface area contributed by atoms with E-state index in [0.29, 0.717) is 34.8 Å². The molecule has 0 aliphatic heterocycles. The molecule has 0 spiro atoms. The van der Waals surface area contributed by atoms with Gasteiger partial charge in [-0.05, 0) is 35.7 Å². The molecule has 0 fully saturated rings. The molecule has 9 heteroatoms. The van der Waals surface area contributed by atoms with E-state index in [9.17, 15) is 8.42 Å². The predicted molar refractivity (Wildman–Crippen MR) is 153 cm³/mol. The Kier molecular flexibility index (Phi) is 8.57. The van der Waals surface area contributed by atoms with Gasteiger partial charge in [0.05, 0.1) is 43.7 Å². The van der Waals surface area contributed by atoms with Gasteiger partial charge < -0.3 is 23.1 Å². The van der Waals surface area contributed by atoms with Crippen LogP contribution in [0.2, 0.25) is 5.02 Å². The summed E-state index contributed by atoms with van der Waals surface area (Å²) in [6.45, 7) is 2.30. The Morgan fingerprint density at radius 1 is 0.718 bits per heavy atom. The summed E-state index contributed by atoms with van der Waals surface area (Å²) in [6.07, 6.45) is 0.962. The van der Waals surface area contributed by atoms with Gasteiger partial charge in [0, 0.05) is 0 Å². The number of ether oxygens (including phenoxy) is 4. The average molecular weight is 569 g/mol. The number of rotatable bonds is 10. The van der Waals surface area contributed by atoms with E-state index in [1.165, 1.54) is 21.3 Å². The van der Waals surface area contributed by atoms with Gasteiger partial charge in [-0.3, -0.25) is 0 Å². The molecule has 0 radical (unpaired) electrons. The first kappa shape index (κ1) is 28.1. The summed E-state index contributed by atoms with van der Waals surface area (Å²) >= 11 is 6.92. The highest BCUT2D eigenvalue weighted by Crippen LogP contribution is 2.56. The lowest BCUT2D eigenvalue weighted by Gasteiger charge is -2.23. The lowest BCUT2D eigenvalue weighted by molar-refractivity contribution is 0.284. The molecule has 39 heavy (non-hydrogen) atoms. The number of halogens is 1. The largest absolute Gasteiger partial charge is 0.494 e. The second-order valence-electron chi connectivity index (χ2n) is 8.75. The van der Waals surface area contributed by atoms with Crippen molar-refractivity contribution in [3.8, 4) is 51.0 Å². The van der Waals surface area contributed by atoms with E-state index in [1.54, 1.807) is 18.2 Å². The molecule has 7 nitrogen and oxygen atoms in total. The van der Waals surface area contributed by atoms with Crippen molar-refractivity contribution in [1.29, 1.82) is 0 Å². The van der Waals surface area contributed by atoms with Crippen LogP contribution in [0.1, 0.15) is 11.1 Å². The summed E-state index contributed by atoms with van der Waals surface area (Å²) in [7, 11) is 0.420. The Labute approximate surface area is 233 Å². The summed E-state index contributed by atoms with van der Waals surface area (Å²) in [5, 5.41) is 0.234. The van der Waals surface area contributed by atoms with Gasteiger partial charge in [0.25, 0.3) is 0 Å². The van der Waals surface area contributed by atoms with Crippen LogP contribution >= 0.6 is 11.6 Å². The first-order valence-electron chi connectivity index (χ1n) is 12.0. The topological polar surface area (TPSA) is 80.3 Å².